The van der Waals surface area contributed by atoms with Crippen molar-refractivity contribution in [3.63, 3.8) is 0 Å². The van der Waals surface area contributed by atoms with Gasteiger partial charge < -0.3 is 0 Å². The van der Waals surface area contributed by atoms with Crippen molar-refractivity contribution in [3.05, 3.63) is 32.1 Å². The maximum absolute atomic E-state index is 10.7. The van der Waals surface area contributed by atoms with Crippen LogP contribution in [0.5, 0.6) is 0 Å². The Hall–Kier alpha value is -0.630. The van der Waals surface area contributed by atoms with E-state index in [4.69, 9.17) is 0 Å². The average Bonchev–Trinajstić information content (AvgIpc) is 1.59. The Labute approximate surface area is 58.0 Å². The van der Waals surface area contributed by atoms with Gasteiger partial charge in [0.05, 0.1) is 0 Å². The highest BCUT2D eigenvalue weighted by Gasteiger charge is 1.88. The van der Waals surface area contributed by atoms with Crippen LogP contribution in [0.3, 0.4) is 0 Å². The molecule has 2 heteroatoms. The molecule has 0 bridgehead atoms. The summed E-state index contributed by atoms with van der Waals surface area (Å²) in [5, 5.41) is 0. The molecular formula is C7H8OS. The fraction of sp³-hybridized carbons (Fsp3) is 0.286. The summed E-state index contributed by atoms with van der Waals surface area (Å²) in [5.41, 5.74) is 1.05. The van der Waals surface area contributed by atoms with E-state index in [0.717, 1.165) is 10.4 Å². The Morgan fingerprint density at radius 3 is 2.44 bits per heavy atom. The van der Waals surface area contributed by atoms with Crippen LogP contribution in [0, 0.1) is 13.8 Å². The monoisotopic (exact) mass is 140 g/mol. The lowest BCUT2D eigenvalue weighted by Crippen LogP contribution is -1.92. The highest BCUT2D eigenvalue weighted by Crippen LogP contribution is 2.01. The summed E-state index contributed by atoms with van der Waals surface area (Å²) in [7, 11) is 0. The van der Waals surface area contributed by atoms with Crippen LogP contribution < -0.4 is 4.74 Å². The van der Waals surface area contributed by atoms with Crippen LogP contribution in [-0.2, 0) is 0 Å². The Kier molecular flexibility index (Phi) is 1.67. The fourth-order valence-electron chi connectivity index (χ4n) is 0.766. The normalized spacial score (nSPS) is 9.56. The topological polar surface area (TPSA) is 17.1 Å². The molecule has 0 aliphatic rings. The molecule has 0 radical (unpaired) electrons. The quantitative estimate of drug-likeness (QED) is 0.536. The average molecular weight is 140 g/mol. The van der Waals surface area contributed by atoms with Gasteiger partial charge in [-0.1, -0.05) is 11.3 Å². The van der Waals surface area contributed by atoms with Crippen LogP contribution in [0.25, 0.3) is 0 Å². The first kappa shape index (κ1) is 6.49. The first-order valence-electron chi connectivity index (χ1n) is 2.77. The number of hydrogen-bond acceptors (Lipinski definition) is 2. The number of rotatable bonds is 0. The minimum Gasteiger partial charge on any atom is -0.278 e. The first-order chi connectivity index (χ1) is 4.18. The third-order valence-corrected chi connectivity index (χ3v) is 1.80. The second kappa shape index (κ2) is 2.31. The molecule has 0 saturated heterocycles. The van der Waals surface area contributed by atoms with E-state index in [0.29, 0.717) is 0 Å². The van der Waals surface area contributed by atoms with Crippen molar-refractivity contribution in [1.82, 2.24) is 0 Å². The third-order valence-electron chi connectivity index (χ3n) is 1.04. The molecule has 0 saturated carbocycles. The van der Waals surface area contributed by atoms with Crippen LogP contribution >= 0.6 is 11.3 Å². The fourth-order valence-corrected chi connectivity index (χ4v) is 1.57. The van der Waals surface area contributed by atoms with Gasteiger partial charge in [-0.25, -0.2) is 0 Å². The molecule has 0 N–H and O–H groups in total. The molecule has 1 aromatic heterocycles. The van der Waals surface area contributed by atoms with Crippen molar-refractivity contribution in [1.29, 1.82) is 0 Å². The lowest BCUT2D eigenvalue weighted by atomic mass is 10.3. The summed E-state index contributed by atoms with van der Waals surface area (Å²) in [5.74, 6) is 0. The van der Waals surface area contributed by atoms with Gasteiger partial charge in [0.2, 0.25) is 4.74 Å². The van der Waals surface area contributed by atoms with Crippen LogP contribution in [0.2, 0.25) is 0 Å². The zero-order valence-electron chi connectivity index (χ0n) is 5.47. The highest BCUT2D eigenvalue weighted by molar-refractivity contribution is 7.09. The van der Waals surface area contributed by atoms with E-state index in [1.165, 1.54) is 11.3 Å². The van der Waals surface area contributed by atoms with Crippen molar-refractivity contribution in [3.8, 4) is 0 Å². The van der Waals surface area contributed by atoms with Crippen LogP contribution in [0.4, 0.5) is 0 Å². The molecule has 1 aromatic rings. The molecule has 1 rings (SSSR count). The summed E-state index contributed by atoms with van der Waals surface area (Å²) in [4.78, 5) is 11.8. The molecule has 0 amide bonds. The van der Waals surface area contributed by atoms with E-state index in [1.807, 2.05) is 19.9 Å². The Balaban J connectivity index is 3.33. The molecule has 0 fully saturated rings. The molecule has 1 nitrogen and oxygen atoms in total. The van der Waals surface area contributed by atoms with E-state index in [1.54, 1.807) is 6.07 Å². The van der Waals surface area contributed by atoms with Gasteiger partial charge in [0.1, 0.15) is 0 Å². The maximum atomic E-state index is 10.7. The minimum absolute atomic E-state index is 0.146. The van der Waals surface area contributed by atoms with E-state index in [-0.39, 0.29) is 4.74 Å². The van der Waals surface area contributed by atoms with Crippen molar-refractivity contribution in [2.45, 2.75) is 13.8 Å². The highest BCUT2D eigenvalue weighted by atomic mass is 32.1. The van der Waals surface area contributed by atoms with Crippen LogP contribution in [0.15, 0.2) is 16.9 Å². The van der Waals surface area contributed by atoms with Gasteiger partial charge in [-0.05, 0) is 31.5 Å². The molecule has 1 heterocycles. The second-order valence-electron chi connectivity index (χ2n) is 2.06. The van der Waals surface area contributed by atoms with Gasteiger partial charge in [-0.3, -0.25) is 4.79 Å². The van der Waals surface area contributed by atoms with Crippen molar-refractivity contribution >= 4 is 11.3 Å². The molecule has 0 aromatic carbocycles. The zero-order chi connectivity index (χ0) is 6.85. The smallest absolute Gasteiger partial charge is 0.232 e. The SMILES string of the molecule is Cc1cc(C)sc(=O)c1. The molecule has 0 spiro atoms. The number of hydrogen-bond donors (Lipinski definition) is 0. The van der Waals surface area contributed by atoms with Gasteiger partial charge in [0.15, 0.2) is 0 Å². The van der Waals surface area contributed by atoms with Gasteiger partial charge in [-0.15, -0.1) is 0 Å². The van der Waals surface area contributed by atoms with E-state index >= 15 is 0 Å². The predicted octanol–water partition coefficient (Wildman–Crippen LogP) is 1.73. The lowest BCUT2D eigenvalue weighted by Gasteiger charge is -1.89. The number of aryl methyl sites for hydroxylation is 2. The maximum Gasteiger partial charge on any atom is 0.232 e. The molecule has 0 aliphatic carbocycles. The van der Waals surface area contributed by atoms with Crippen LogP contribution in [-0.4, -0.2) is 0 Å². The zero-order valence-corrected chi connectivity index (χ0v) is 6.29. The molecule has 0 unspecified atom stereocenters. The molecule has 0 aliphatic heterocycles. The van der Waals surface area contributed by atoms with Gasteiger partial charge in [0, 0.05) is 4.88 Å². The Morgan fingerprint density at radius 1 is 1.33 bits per heavy atom. The Bertz CT molecular complexity index is 239. The van der Waals surface area contributed by atoms with E-state index in [2.05, 4.69) is 0 Å². The minimum atomic E-state index is 0.146. The summed E-state index contributed by atoms with van der Waals surface area (Å²) in [6.07, 6.45) is 0. The largest absolute Gasteiger partial charge is 0.278 e. The van der Waals surface area contributed by atoms with Crippen molar-refractivity contribution in [2.75, 3.05) is 0 Å². The predicted molar refractivity (Wildman–Crippen MR) is 40.1 cm³/mol. The molecule has 48 valence electrons. The van der Waals surface area contributed by atoms with Crippen LogP contribution in [0.1, 0.15) is 10.4 Å². The van der Waals surface area contributed by atoms with E-state index < -0.39 is 0 Å². The van der Waals surface area contributed by atoms with Gasteiger partial charge in [-0.2, -0.15) is 0 Å². The van der Waals surface area contributed by atoms with Gasteiger partial charge in [0.25, 0.3) is 0 Å². The van der Waals surface area contributed by atoms with Crippen molar-refractivity contribution < 1.29 is 0 Å². The summed E-state index contributed by atoms with van der Waals surface area (Å²) < 4.78 is 0.146. The molecule has 9 heavy (non-hydrogen) atoms. The van der Waals surface area contributed by atoms with Crippen molar-refractivity contribution in [2.24, 2.45) is 0 Å². The second-order valence-corrected chi connectivity index (χ2v) is 3.31. The lowest BCUT2D eigenvalue weighted by molar-refractivity contribution is 1.44. The molecule has 0 atom stereocenters. The molecular weight excluding hydrogens is 132 g/mol. The first-order valence-corrected chi connectivity index (χ1v) is 3.58. The Morgan fingerprint density at radius 2 is 2.00 bits per heavy atom. The summed E-state index contributed by atoms with van der Waals surface area (Å²) >= 11 is 1.29. The third kappa shape index (κ3) is 1.64. The standard InChI is InChI=1S/C7H8OS/c1-5-3-6(2)9-7(8)4-5/h3-4H,1-2H3. The summed E-state index contributed by atoms with van der Waals surface area (Å²) in [6.45, 7) is 3.88. The summed E-state index contributed by atoms with van der Waals surface area (Å²) in [6, 6.07) is 3.66. The van der Waals surface area contributed by atoms with E-state index in [9.17, 15) is 4.79 Å². The van der Waals surface area contributed by atoms with Gasteiger partial charge >= 0.3 is 0 Å².